The number of ether oxygens (including phenoxy) is 1. The molecule has 0 amide bonds. The molecule has 0 unspecified atom stereocenters. The molecule has 0 saturated carbocycles. The largest absolute Gasteiger partial charge is 0.491 e. The Labute approximate surface area is 100 Å². The van der Waals surface area contributed by atoms with Crippen molar-refractivity contribution in [2.24, 2.45) is 0 Å². The highest BCUT2D eigenvalue weighted by Gasteiger charge is 2.00. The highest BCUT2D eigenvalue weighted by Crippen LogP contribution is 2.19. The molecule has 0 aliphatic heterocycles. The van der Waals surface area contributed by atoms with E-state index in [1.165, 1.54) is 0 Å². The summed E-state index contributed by atoms with van der Waals surface area (Å²) in [6.45, 7) is 2.51. The molecule has 0 spiro atoms. The third kappa shape index (κ3) is 3.17. The van der Waals surface area contributed by atoms with Crippen LogP contribution >= 0.6 is 0 Å². The van der Waals surface area contributed by atoms with Crippen molar-refractivity contribution < 1.29 is 4.74 Å². The SMILES string of the molecule is Cc1cc(CCOc2ccccc2N)ncn1. The summed E-state index contributed by atoms with van der Waals surface area (Å²) in [4.78, 5) is 8.22. The molecule has 2 aromatic rings. The number of nitrogens with two attached hydrogens (primary N) is 1. The molecule has 88 valence electrons. The van der Waals surface area contributed by atoms with Gasteiger partial charge in [-0.2, -0.15) is 0 Å². The van der Waals surface area contributed by atoms with Crippen LogP contribution in [0.1, 0.15) is 11.4 Å². The van der Waals surface area contributed by atoms with Gasteiger partial charge in [-0.3, -0.25) is 0 Å². The van der Waals surface area contributed by atoms with Crippen molar-refractivity contribution in [3.8, 4) is 5.75 Å². The molecule has 2 rings (SSSR count). The zero-order valence-electron chi connectivity index (χ0n) is 9.76. The number of benzene rings is 1. The summed E-state index contributed by atoms with van der Waals surface area (Å²) in [6.07, 6.45) is 2.32. The molecule has 1 aromatic carbocycles. The average Bonchev–Trinajstić information content (AvgIpc) is 2.32. The van der Waals surface area contributed by atoms with Crippen LogP contribution in [0.2, 0.25) is 0 Å². The maximum atomic E-state index is 5.77. The molecule has 0 saturated heterocycles. The molecule has 0 bridgehead atoms. The molecule has 0 fully saturated rings. The van der Waals surface area contributed by atoms with Crippen molar-refractivity contribution in [1.29, 1.82) is 0 Å². The summed E-state index contributed by atoms with van der Waals surface area (Å²) in [5.74, 6) is 0.721. The predicted octanol–water partition coefficient (Wildman–Crippen LogP) is 1.99. The van der Waals surface area contributed by atoms with E-state index >= 15 is 0 Å². The first-order chi connectivity index (χ1) is 8.25. The maximum absolute atomic E-state index is 5.77. The maximum Gasteiger partial charge on any atom is 0.142 e. The van der Waals surface area contributed by atoms with Gasteiger partial charge < -0.3 is 10.5 Å². The van der Waals surface area contributed by atoms with Crippen LogP contribution in [-0.2, 0) is 6.42 Å². The van der Waals surface area contributed by atoms with Crippen LogP contribution in [0.15, 0.2) is 36.7 Å². The monoisotopic (exact) mass is 229 g/mol. The van der Waals surface area contributed by atoms with Crippen molar-refractivity contribution in [3.05, 3.63) is 48.0 Å². The van der Waals surface area contributed by atoms with Gasteiger partial charge in [-0.05, 0) is 25.1 Å². The van der Waals surface area contributed by atoms with Crippen molar-refractivity contribution in [1.82, 2.24) is 9.97 Å². The van der Waals surface area contributed by atoms with Gasteiger partial charge in [0.1, 0.15) is 12.1 Å². The lowest BCUT2D eigenvalue weighted by molar-refractivity contribution is 0.322. The summed E-state index contributed by atoms with van der Waals surface area (Å²) >= 11 is 0. The number of aromatic nitrogens is 2. The van der Waals surface area contributed by atoms with Crippen LogP contribution in [0.3, 0.4) is 0 Å². The number of aryl methyl sites for hydroxylation is 1. The predicted molar refractivity (Wildman–Crippen MR) is 66.8 cm³/mol. The molecule has 0 aliphatic carbocycles. The molecular formula is C13H15N3O. The highest BCUT2D eigenvalue weighted by atomic mass is 16.5. The third-order valence-electron chi connectivity index (χ3n) is 2.40. The summed E-state index contributed by atoms with van der Waals surface area (Å²) in [5, 5.41) is 0. The number of hydrogen-bond donors (Lipinski definition) is 1. The summed E-state index contributed by atoms with van der Waals surface area (Å²) in [7, 11) is 0. The van der Waals surface area contributed by atoms with E-state index in [9.17, 15) is 0 Å². The van der Waals surface area contributed by atoms with E-state index in [4.69, 9.17) is 10.5 Å². The van der Waals surface area contributed by atoms with Gasteiger partial charge in [-0.25, -0.2) is 9.97 Å². The quantitative estimate of drug-likeness (QED) is 0.814. The van der Waals surface area contributed by atoms with Gasteiger partial charge in [0, 0.05) is 17.8 Å². The van der Waals surface area contributed by atoms with E-state index < -0.39 is 0 Å². The fourth-order valence-corrected chi connectivity index (χ4v) is 1.52. The van der Waals surface area contributed by atoms with Crippen LogP contribution in [0.5, 0.6) is 5.75 Å². The average molecular weight is 229 g/mol. The first-order valence-corrected chi connectivity index (χ1v) is 5.50. The molecule has 0 atom stereocenters. The third-order valence-corrected chi connectivity index (χ3v) is 2.40. The summed E-state index contributed by atoms with van der Waals surface area (Å²) < 4.78 is 5.60. The standard InChI is InChI=1S/C13H15N3O/c1-10-8-11(16-9-15-10)6-7-17-13-5-3-2-4-12(13)14/h2-5,8-9H,6-7,14H2,1H3. The lowest BCUT2D eigenvalue weighted by Gasteiger charge is -2.08. The Hall–Kier alpha value is -2.10. The van der Waals surface area contributed by atoms with Crippen molar-refractivity contribution in [3.63, 3.8) is 0 Å². The Balaban J connectivity index is 1.90. The second-order valence-electron chi connectivity index (χ2n) is 3.79. The number of hydrogen-bond acceptors (Lipinski definition) is 4. The molecule has 2 N–H and O–H groups in total. The Bertz CT molecular complexity index is 500. The van der Waals surface area contributed by atoms with Gasteiger partial charge in [0.15, 0.2) is 0 Å². The van der Waals surface area contributed by atoms with E-state index in [-0.39, 0.29) is 0 Å². The van der Waals surface area contributed by atoms with Gasteiger partial charge in [-0.15, -0.1) is 0 Å². The first kappa shape index (κ1) is 11.4. The number of rotatable bonds is 4. The van der Waals surface area contributed by atoms with Crippen molar-refractivity contribution in [2.75, 3.05) is 12.3 Å². The Morgan fingerprint density at radius 1 is 1.24 bits per heavy atom. The molecular weight excluding hydrogens is 214 g/mol. The van der Waals surface area contributed by atoms with E-state index in [2.05, 4.69) is 9.97 Å². The van der Waals surface area contributed by atoms with Crippen LogP contribution in [0.25, 0.3) is 0 Å². The van der Waals surface area contributed by atoms with Crippen molar-refractivity contribution >= 4 is 5.69 Å². The van der Waals surface area contributed by atoms with Gasteiger partial charge in [0.25, 0.3) is 0 Å². The lowest BCUT2D eigenvalue weighted by Crippen LogP contribution is -2.05. The number of nitrogens with zero attached hydrogens (tertiary/aromatic N) is 2. The molecule has 0 radical (unpaired) electrons. The molecule has 4 heteroatoms. The number of nitrogen functional groups attached to an aromatic ring is 1. The fourth-order valence-electron chi connectivity index (χ4n) is 1.52. The molecule has 4 nitrogen and oxygen atoms in total. The highest BCUT2D eigenvalue weighted by molar-refractivity contribution is 5.51. The van der Waals surface area contributed by atoms with E-state index in [0.717, 1.165) is 23.6 Å². The van der Waals surface area contributed by atoms with Gasteiger partial charge in [-0.1, -0.05) is 12.1 Å². The van der Waals surface area contributed by atoms with E-state index in [0.29, 0.717) is 12.3 Å². The topological polar surface area (TPSA) is 61.0 Å². The normalized spacial score (nSPS) is 10.2. The zero-order valence-corrected chi connectivity index (χ0v) is 9.76. The second-order valence-corrected chi connectivity index (χ2v) is 3.79. The minimum atomic E-state index is 0.560. The van der Waals surface area contributed by atoms with Crippen molar-refractivity contribution in [2.45, 2.75) is 13.3 Å². The molecule has 1 aromatic heterocycles. The molecule has 0 aliphatic rings. The minimum absolute atomic E-state index is 0.560. The fraction of sp³-hybridized carbons (Fsp3) is 0.231. The Morgan fingerprint density at radius 3 is 2.82 bits per heavy atom. The first-order valence-electron chi connectivity index (χ1n) is 5.50. The van der Waals surface area contributed by atoms with Gasteiger partial charge >= 0.3 is 0 Å². The Kier molecular flexibility index (Phi) is 3.55. The van der Waals surface area contributed by atoms with Crippen LogP contribution in [0, 0.1) is 6.92 Å². The van der Waals surface area contributed by atoms with E-state index in [1.54, 1.807) is 6.33 Å². The van der Waals surface area contributed by atoms with Crippen LogP contribution in [-0.4, -0.2) is 16.6 Å². The number of anilines is 1. The van der Waals surface area contributed by atoms with Gasteiger partial charge in [0.2, 0.25) is 0 Å². The molecule has 1 heterocycles. The smallest absolute Gasteiger partial charge is 0.142 e. The summed E-state index contributed by atoms with van der Waals surface area (Å²) in [6, 6.07) is 9.43. The number of para-hydroxylation sites is 2. The van der Waals surface area contributed by atoms with Crippen LogP contribution < -0.4 is 10.5 Å². The van der Waals surface area contributed by atoms with E-state index in [1.807, 2.05) is 37.3 Å². The molecule has 17 heavy (non-hydrogen) atoms. The zero-order chi connectivity index (χ0) is 12.1. The van der Waals surface area contributed by atoms with Gasteiger partial charge in [0.05, 0.1) is 12.3 Å². The summed E-state index contributed by atoms with van der Waals surface area (Å²) in [5.41, 5.74) is 8.38. The lowest BCUT2D eigenvalue weighted by atomic mass is 10.2. The minimum Gasteiger partial charge on any atom is -0.491 e. The second kappa shape index (κ2) is 5.30. The van der Waals surface area contributed by atoms with Crippen LogP contribution in [0.4, 0.5) is 5.69 Å². The Morgan fingerprint density at radius 2 is 2.06 bits per heavy atom.